The van der Waals surface area contributed by atoms with E-state index in [1.165, 1.54) is 54.2 Å². The number of nitrogens with zero attached hydrogens (tertiary/aromatic N) is 1. The van der Waals surface area contributed by atoms with Gasteiger partial charge in [0, 0.05) is 32.3 Å². The summed E-state index contributed by atoms with van der Waals surface area (Å²) in [6.07, 6.45) is 0. The van der Waals surface area contributed by atoms with Crippen LogP contribution in [0.25, 0.3) is 0 Å². The van der Waals surface area contributed by atoms with E-state index in [0.717, 1.165) is 28.5 Å². The fourth-order valence-electron chi connectivity index (χ4n) is 7.38. The van der Waals surface area contributed by atoms with Crippen LogP contribution in [0.4, 0.5) is 17.1 Å². The molecule has 0 aliphatic carbocycles. The lowest BCUT2D eigenvalue weighted by Crippen LogP contribution is -2.61. The molecule has 4 aliphatic heterocycles. The van der Waals surface area contributed by atoms with Crippen molar-refractivity contribution >= 4 is 75.0 Å². The van der Waals surface area contributed by atoms with E-state index in [0.29, 0.717) is 0 Å². The summed E-state index contributed by atoms with van der Waals surface area (Å²) < 4.78 is 13.2. The van der Waals surface area contributed by atoms with Crippen LogP contribution in [0.3, 0.4) is 0 Å². The van der Waals surface area contributed by atoms with Gasteiger partial charge in [-0.3, -0.25) is 0 Å². The van der Waals surface area contributed by atoms with E-state index in [4.69, 9.17) is 9.47 Å². The van der Waals surface area contributed by atoms with Crippen molar-refractivity contribution in [3.8, 4) is 23.0 Å². The molecule has 0 N–H and O–H groups in total. The van der Waals surface area contributed by atoms with E-state index in [1.807, 2.05) is 23.9 Å². The quantitative estimate of drug-likeness (QED) is 0.262. The van der Waals surface area contributed by atoms with E-state index < -0.39 is 0 Å². The molecular formula is C36H21B2NO2S. The smallest absolute Gasteiger partial charge is 0.260 e. The number of rotatable bonds is 1. The van der Waals surface area contributed by atoms with E-state index in [2.05, 4.69) is 120 Å². The summed E-state index contributed by atoms with van der Waals surface area (Å²) in [5, 5.41) is 0. The fourth-order valence-corrected chi connectivity index (χ4v) is 8.63. The van der Waals surface area contributed by atoms with Crippen molar-refractivity contribution in [3.63, 3.8) is 0 Å². The van der Waals surface area contributed by atoms with Crippen LogP contribution in [0.2, 0.25) is 0 Å². The standard InChI is InChI=1S/C36H21B2NO2S/c1-2-10-22(11-3-1)39-27-14-6-4-12-23(27)37-26-21-20-25-35(36(26)42-32-19-8-15-28(39)33(32)37)41-31-18-9-17-30-34(31)38(25)24-13-5-7-16-29(24)40-30/h1-21H. The average Bonchev–Trinajstić information content (AvgIpc) is 3.05. The molecule has 42 heavy (non-hydrogen) atoms. The maximum atomic E-state index is 6.86. The Kier molecular flexibility index (Phi) is 4.55. The first kappa shape index (κ1) is 22.8. The number of ether oxygens (including phenoxy) is 2. The Morgan fingerprint density at radius 3 is 2.05 bits per heavy atom. The summed E-state index contributed by atoms with van der Waals surface area (Å²) in [7, 11) is 0. The first-order chi connectivity index (χ1) is 20.8. The first-order valence-corrected chi connectivity index (χ1v) is 15.2. The summed E-state index contributed by atoms with van der Waals surface area (Å²) >= 11 is 1.84. The van der Waals surface area contributed by atoms with Crippen molar-refractivity contribution in [2.24, 2.45) is 0 Å². The Morgan fingerprint density at radius 2 is 1.14 bits per heavy atom. The second-order valence-corrected chi connectivity index (χ2v) is 12.3. The molecule has 0 radical (unpaired) electrons. The molecule has 0 unspecified atom stereocenters. The molecule has 10 rings (SSSR count). The summed E-state index contributed by atoms with van der Waals surface area (Å²) in [4.78, 5) is 4.91. The van der Waals surface area contributed by atoms with Crippen LogP contribution in [0.1, 0.15) is 0 Å². The number of hydrogen-bond acceptors (Lipinski definition) is 4. The monoisotopic (exact) mass is 553 g/mol. The van der Waals surface area contributed by atoms with Gasteiger partial charge >= 0.3 is 0 Å². The fraction of sp³-hybridized carbons (Fsp3) is 0. The van der Waals surface area contributed by atoms with Gasteiger partial charge in [0.2, 0.25) is 6.71 Å². The highest BCUT2D eigenvalue weighted by Crippen LogP contribution is 2.45. The minimum Gasteiger partial charge on any atom is -0.458 e. The second-order valence-electron chi connectivity index (χ2n) is 11.2. The zero-order valence-electron chi connectivity index (χ0n) is 22.5. The number of anilines is 3. The van der Waals surface area contributed by atoms with Gasteiger partial charge in [0.25, 0.3) is 6.71 Å². The predicted molar refractivity (Wildman–Crippen MR) is 174 cm³/mol. The molecule has 0 saturated heterocycles. The van der Waals surface area contributed by atoms with Crippen molar-refractivity contribution in [1.82, 2.24) is 0 Å². The molecule has 3 nitrogen and oxygen atoms in total. The van der Waals surface area contributed by atoms with Gasteiger partial charge in [0.1, 0.15) is 23.0 Å². The van der Waals surface area contributed by atoms with E-state index in [9.17, 15) is 0 Å². The Balaban J connectivity index is 1.22. The molecule has 6 heteroatoms. The molecule has 4 aliphatic rings. The minimum absolute atomic E-state index is 0.0655. The highest BCUT2D eigenvalue weighted by atomic mass is 32.2. The molecule has 0 spiro atoms. The molecule has 0 fully saturated rings. The summed E-state index contributed by atoms with van der Waals surface area (Å²) in [5.74, 6) is 3.65. The molecule has 0 bridgehead atoms. The highest BCUT2D eigenvalue weighted by Gasteiger charge is 2.45. The van der Waals surface area contributed by atoms with Gasteiger partial charge in [-0.2, -0.15) is 0 Å². The highest BCUT2D eigenvalue weighted by molar-refractivity contribution is 8.00. The van der Waals surface area contributed by atoms with Gasteiger partial charge in [-0.05, 0) is 70.4 Å². The lowest BCUT2D eigenvalue weighted by Gasteiger charge is -2.41. The van der Waals surface area contributed by atoms with Gasteiger partial charge < -0.3 is 14.4 Å². The molecule has 0 aromatic heterocycles. The van der Waals surface area contributed by atoms with Crippen molar-refractivity contribution in [2.75, 3.05) is 4.90 Å². The molecule has 0 saturated carbocycles. The number of para-hydroxylation sites is 3. The molecular weight excluding hydrogens is 532 g/mol. The molecule has 194 valence electrons. The molecule has 4 heterocycles. The van der Waals surface area contributed by atoms with Gasteiger partial charge in [-0.1, -0.05) is 96.1 Å². The first-order valence-electron chi connectivity index (χ1n) is 14.3. The third-order valence-corrected chi connectivity index (χ3v) is 10.3. The van der Waals surface area contributed by atoms with Crippen LogP contribution in [0.15, 0.2) is 137 Å². The van der Waals surface area contributed by atoms with Crippen LogP contribution in [0, 0.1) is 0 Å². The molecule has 0 atom stereocenters. The number of fused-ring (bicyclic) bond motifs is 9. The van der Waals surface area contributed by atoms with Crippen LogP contribution in [0.5, 0.6) is 23.0 Å². The minimum atomic E-state index is 0.0655. The van der Waals surface area contributed by atoms with E-state index >= 15 is 0 Å². The second kappa shape index (κ2) is 8.37. The largest absolute Gasteiger partial charge is 0.458 e. The SMILES string of the molecule is c1ccc(N2c3ccccc3B3c4ccc5c(c4Sc4cccc2c43)Oc2cccc3c2B5c2ccccc2O3)cc1. The Labute approximate surface area is 248 Å². The summed E-state index contributed by atoms with van der Waals surface area (Å²) in [5.41, 5.74) is 11.1. The number of benzene rings is 6. The Bertz CT molecular complexity index is 2110. The molecule has 6 aromatic rings. The Hall–Kier alpha value is -4.80. The van der Waals surface area contributed by atoms with Crippen LogP contribution in [-0.2, 0) is 0 Å². The normalized spacial score (nSPS) is 14.3. The van der Waals surface area contributed by atoms with Crippen molar-refractivity contribution in [1.29, 1.82) is 0 Å². The van der Waals surface area contributed by atoms with Crippen LogP contribution in [-0.4, -0.2) is 13.4 Å². The lowest BCUT2D eigenvalue weighted by molar-refractivity contribution is 0.459. The zero-order chi connectivity index (χ0) is 27.4. The van der Waals surface area contributed by atoms with Crippen LogP contribution < -0.4 is 47.2 Å². The maximum Gasteiger partial charge on any atom is 0.260 e. The topological polar surface area (TPSA) is 21.7 Å². The molecule has 0 amide bonds. The summed E-state index contributed by atoms with van der Waals surface area (Å²) in [6, 6.07) is 45.6. The van der Waals surface area contributed by atoms with Gasteiger partial charge in [0.05, 0.1) is 0 Å². The van der Waals surface area contributed by atoms with Gasteiger partial charge in [-0.25, -0.2) is 0 Å². The maximum absolute atomic E-state index is 6.86. The van der Waals surface area contributed by atoms with E-state index in [1.54, 1.807) is 0 Å². The zero-order valence-corrected chi connectivity index (χ0v) is 23.3. The third-order valence-electron chi connectivity index (χ3n) is 9.06. The van der Waals surface area contributed by atoms with Crippen molar-refractivity contribution < 1.29 is 9.47 Å². The van der Waals surface area contributed by atoms with Gasteiger partial charge in [-0.15, -0.1) is 0 Å². The lowest BCUT2D eigenvalue weighted by atomic mass is 9.33. The summed E-state index contributed by atoms with van der Waals surface area (Å²) in [6.45, 7) is 0.183. The number of hydrogen-bond donors (Lipinski definition) is 0. The van der Waals surface area contributed by atoms with Crippen molar-refractivity contribution in [3.05, 3.63) is 127 Å². The predicted octanol–water partition coefficient (Wildman–Crippen LogP) is 5.18. The van der Waals surface area contributed by atoms with Crippen LogP contribution >= 0.6 is 11.8 Å². The van der Waals surface area contributed by atoms with Crippen molar-refractivity contribution in [2.45, 2.75) is 9.79 Å². The third kappa shape index (κ3) is 2.95. The van der Waals surface area contributed by atoms with E-state index in [-0.39, 0.29) is 13.4 Å². The average molecular weight is 553 g/mol. The van der Waals surface area contributed by atoms with Gasteiger partial charge in [0.15, 0.2) is 0 Å². The Morgan fingerprint density at radius 1 is 0.476 bits per heavy atom. The molecule has 6 aromatic carbocycles.